The van der Waals surface area contributed by atoms with E-state index in [1.54, 1.807) is 0 Å². The van der Waals surface area contributed by atoms with E-state index in [0.717, 1.165) is 18.2 Å². The molecule has 0 aliphatic rings. The maximum atomic E-state index is 13.4. The molecule has 0 heterocycles. The number of halogens is 2. The smallest absolute Gasteiger partial charge is 0.296 e. The molecule has 104 valence electrons. The Balaban J connectivity index is 2.20. The molecule has 0 bridgehead atoms. The van der Waals surface area contributed by atoms with Gasteiger partial charge in [-0.3, -0.25) is 10.1 Å². The molecule has 0 aromatic heterocycles. The van der Waals surface area contributed by atoms with Gasteiger partial charge in [0.1, 0.15) is 23.1 Å². The number of nitro groups is 1. The van der Waals surface area contributed by atoms with Crippen molar-refractivity contribution in [3.8, 4) is 5.75 Å². The Bertz CT molecular complexity index is 662. The van der Waals surface area contributed by atoms with Crippen LogP contribution in [0, 0.1) is 21.7 Å². The van der Waals surface area contributed by atoms with Gasteiger partial charge in [-0.1, -0.05) is 6.07 Å². The average molecular weight is 280 g/mol. The number of rotatable bonds is 4. The van der Waals surface area contributed by atoms with E-state index in [0.29, 0.717) is 0 Å². The fourth-order valence-corrected chi connectivity index (χ4v) is 1.68. The van der Waals surface area contributed by atoms with Crippen LogP contribution in [0.15, 0.2) is 36.4 Å². The molecule has 0 fully saturated rings. The van der Waals surface area contributed by atoms with E-state index in [2.05, 4.69) is 5.32 Å². The quantitative estimate of drug-likeness (QED) is 0.512. The molecule has 0 aliphatic heterocycles. The van der Waals surface area contributed by atoms with Crippen LogP contribution in [0.25, 0.3) is 0 Å². The van der Waals surface area contributed by atoms with E-state index >= 15 is 0 Å². The van der Waals surface area contributed by atoms with Gasteiger partial charge in [0.25, 0.3) is 5.69 Å². The number of benzene rings is 2. The summed E-state index contributed by atoms with van der Waals surface area (Å²) in [6.45, 7) is -0.0439. The van der Waals surface area contributed by atoms with Gasteiger partial charge in [-0.25, -0.2) is 8.78 Å². The third-order valence-corrected chi connectivity index (χ3v) is 2.66. The lowest BCUT2D eigenvalue weighted by Gasteiger charge is -2.08. The molecule has 0 radical (unpaired) electrons. The topological polar surface area (TPSA) is 75.4 Å². The van der Waals surface area contributed by atoms with Crippen LogP contribution in [0.5, 0.6) is 5.75 Å². The third kappa shape index (κ3) is 3.00. The minimum atomic E-state index is -0.737. The van der Waals surface area contributed by atoms with Crippen molar-refractivity contribution in [2.75, 3.05) is 5.32 Å². The number of phenols is 1. The number of aromatic hydroxyl groups is 1. The summed E-state index contributed by atoms with van der Waals surface area (Å²) in [5.74, 6) is -1.67. The first-order valence-electron chi connectivity index (χ1n) is 5.62. The van der Waals surface area contributed by atoms with Crippen LogP contribution in [0.2, 0.25) is 0 Å². The lowest BCUT2D eigenvalue weighted by Crippen LogP contribution is -2.04. The second-order valence-corrected chi connectivity index (χ2v) is 4.05. The Morgan fingerprint density at radius 1 is 1.20 bits per heavy atom. The van der Waals surface area contributed by atoms with Crippen molar-refractivity contribution >= 4 is 11.4 Å². The molecule has 20 heavy (non-hydrogen) atoms. The second kappa shape index (κ2) is 5.52. The van der Waals surface area contributed by atoms with Crippen molar-refractivity contribution in [1.82, 2.24) is 0 Å². The molecular weight excluding hydrogens is 270 g/mol. The maximum Gasteiger partial charge on any atom is 0.296 e. The normalized spacial score (nSPS) is 10.3. The highest BCUT2D eigenvalue weighted by atomic mass is 19.1. The van der Waals surface area contributed by atoms with Gasteiger partial charge < -0.3 is 10.4 Å². The summed E-state index contributed by atoms with van der Waals surface area (Å²) in [7, 11) is 0. The van der Waals surface area contributed by atoms with E-state index in [1.807, 2.05) is 0 Å². The monoisotopic (exact) mass is 280 g/mol. The largest absolute Gasteiger partial charge is 0.508 e. The van der Waals surface area contributed by atoms with Crippen LogP contribution in [-0.2, 0) is 6.54 Å². The van der Waals surface area contributed by atoms with E-state index < -0.39 is 16.6 Å². The van der Waals surface area contributed by atoms with Gasteiger partial charge in [-0.2, -0.15) is 0 Å². The lowest BCUT2D eigenvalue weighted by atomic mass is 10.2. The predicted molar refractivity (Wildman–Crippen MR) is 68.4 cm³/mol. The summed E-state index contributed by atoms with van der Waals surface area (Å²) in [6.07, 6.45) is 0. The number of nitrogens with one attached hydrogen (secondary N) is 1. The molecule has 0 spiro atoms. The first-order valence-corrected chi connectivity index (χ1v) is 5.62. The van der Waals surface area contributed by atoms with Crippen LogP contribution in [0.4, 0.5) is 20.2 Å². The first kappa shape index (κ1) is 13.7. The molecule has 0 saturated carbocycles. The standard InChI is InChI=1S/C13H10F2N2O3/c14-9-2-1-8(11(15)5-9)7-16-12-4-3-10(18)6-13(12)17(19)20/h1-6,16,18H,7H2. The summed E-state index contributed by atoms with van der Waals surface area (Å²) in [5, 5.41) is 22.7. The Hall–Kier alpha value is -2.70. The molecule has 0 amide bonds. The summed E-state index contributed by atoms with van der Waals surface area (Å²) in [5.41, 5.74) is -0.0159. The zero-order chi connectivity index (χ0) is 14.7. The zero-order valence-electron chi connectivity index (χ0n) is 10.1. The van der Waals surface area contributed by atoms with Gasteiger partial charge in [0.15, 0.2) is 0 Å². The molecule has 2 N–H and O–H groups in total. The number of nitro benzene ring substituents is 1. The molecule has 7 heteroatoms. The molecule has 0 unspecified atom stereocenters. The predicted octanol–water partition coefficient (Wildman–Crippen LogP) is 3.19. The number of anilines is 1. The van der Waals surface area contributed by atoms with E-state index in [1.165, 1.54) is 18.2 Å². The number of hydrogen-bond acceptors (Lipinski definition) is 4. The van der Waals surface area contributed by atoms with Crippen LogP contribution in [-0.4, -0.2) is 10.0 Å². The SMILES string of the molecule is O=[N+]([O-])c1cc(O)ccc1NCc1ccc(F)cc1F. The van der Waals surface area contributed by atoms with E-state index in [9.17, 15) is 24.0 Å². The molecule has 2 aromatic rings. The Kier molecular flexibility index (Phi) is 3.79. The Morgan fingerprint density at radius 2 is 1.95 bits per heavy atom. The molecule has 0 aliphatic carbocycles. The minimum Gasteiger partial charge on any atom is -0.508 e. The summed E-state index contributed by atoms with van der Waals surface area (Å²) in [4.78, 5) is 10.2. The van der Waals surface area contributed by atoms with Gasteiger partial charge in [-0.15, -0.1) is 0 Å². The number of hydrogen-bond donors (Lipinski definition) is 2. The molecule has 2 aromatic carbocycles. The second-order valence-electron chi connectivity index (χ2n) is 4.05. The zero-order valence-corrected chi connectivity index (χ0v) is 10.1. The fraction of sp³-hybridized carbons (Fsp3) is 0.0769. The van der Waals surface area contributed by atoms with Crippen molar-refractivity contribution in [1.29, 1.82) is 0 Å². The van der Waals surface area contributed by atoms with Crippen molar-refractivity contribution in [3.05, 3.63) is 63.7 Å². The van der Waals surface area contributed by atoms with Gasteiger partial charge in [0.05, 0.1) is 11.0 Å². The van der Waals surface area contributed by atoms with Crippen LogP contribution in [0.1, 0.15) is 5.56 Å². The number of nitrogens with zero attached hydrogens (tertiary/aromatic N) is 1. The average Bonchev–Trinajstić information content (AvgIpc) is 2.38. The molecular formula is C13H10F2N2O3. The van der Waals surface area contributed by atoms with E-state index in [4.69, 9.17) is 0 Å². The van der Waals surface area contributed by atoms with Crippen LogP contribution >= 0.6 is 0 Å². The third-order valence-electron chi connectivity index (χ3n) is 2.66. The van der Waals surface area contributed by atoms with Gasteiger partial charge in [-0.05, 0) is 18.2 Å². The number of phenolic OH excluding ortho intramolecular Hbond substituents is 1. The summed E-state index contributed by atoms with van der Waals surface area (Å²) < 4.78 is 26.2. The van der Waals surface area contributed by atoms with Gasteiger partial charge >= 0.3 is 0 Å². The fourth-order valence-electron chi connectivity index (χ4n) is 1.68. The van der Waals surface area contributed by atoms with Gasteiger partial charge in [0.2, 0.25) is 0 Å². The maximum absolute atomic E-state index is 13.4. The van der Waals surface area contributed by atoms with Crippen molar-refractivity contribution in [2.45, 2.75) is 6.54 Å². The van der Waals surface area contributed by atoms with E-state index in [-0.39, 0.29) is 29.2 Å². The Labute approximate surface area is 112 Å². The van der Waals surface area contributed by atoms with Crippen LogP contribution < -0.4 is 5.32 Å². The molecule has 5 nitrogen and oxygen atoms in total. The molecule has 2 rings (SSSR count). The molecule has 0 saturated heterocycles. The van der Waals surface area contributed by atoms with Crippen LogP contribution in [0.3, 0.4) is 0 Å². The first-order chi connectivity index (χ1) is 9.47. The van der Waals surface area contributed by atoms with Crippen molar-refractivity contribution < 1.29 is 18.8 Å². The highest BCUT2D eigenvalue weighted by molar-refractivity contribution is 5.63. The highest BCUT2D eigenvalue weighted by Gasteiger charge is 2.14. The van der Waals surface area contributed by atoms with Crippen molar-refractivity contribution in [3.63, 3.8) is 0 Å². The minimum absolute atomic E-state index is 0.0439. The van der Waals surface area contributed by atoms with Crippen molar-refractivity contribution in [2.24, 2.45) is 0 Å². The Morgan fingerprint density at radius 3 is 2.60 bits per heavy atom. The highest BCUT2D eigenvalue weighted by Crippen LogP contribution is 2.28. The molecule has 0 atom stereocenters. The summed E-state index contributed by atoms with van der Waals surface area (Å²) in [6, 6.07) is 6.67. The van der Waals surface area contributed by atoms with Gasteiger partial charge in [0, 0.05) is 18.2 Å². The summed E-state index contributed by atoms with van der Waals surface area (Å²) >= 11 is 0. The lowest BCUT2D eigenvalue weighted by molar-refractivity contribution is -0.384.